The van der Waals surface area contributed by atoms with Gasteiger partial charge < -0.3 is 14.2 Å². The molecule has 0 atom stereocenters. The molecule has 1 saturated heterocycles. The summed E-state index contributed by atoms with van der Waals surface area (Å²) in [6.07, 6.45) is 2.36. The predicted octanol–water partition coefficient (Wildman–Crippen LogP) is 3.12. The average Bonchev–Trinajstić information content (AvgIpc) is 3.06. The second-order valence-corrected chi connectivity index (χ2v) is 6.67. The van der Waals surface area contributed by atoms with E-state index in [9.17, 15) is 14.4 Å². The van der Waals surface area contributed by atoms with Gasteiger partial charge in [-0.25, -0.2) is 9.80 Å². The number of methoxy groups -OCH3 is 1. The fraction of sp³-hybridized carbons (Fsp3) is 0.261. The maximum Gasteiger partial charge on any atom is 0.338 e. The zero-order valence-electron chi connectivity index (χ0n) is 17.6. The summed E-state index contributed by atoms with van der Waals surface area (Å²) in [6, 6.07) is 11.4. The molecule has 2 aromatic carbocycles. The van der Waals surface area contributed by atoms with Gasteiger partial charge in [0.1, 0.15) is 5.57 Å². The van der Waals surface area contributed by atoms with Crippen LogP contribution in [0.5, 0.6) is 11.5 Å². The quantitative estimate of drug-likeness (QED) is 0.398. The zero-order valence-corrected chi connectivity index (χ0v) is 17.6. The molecule has 1 fully saturated rings. The largest absolute Gasteiger partial charge is 0.493 e. The fourth-order valence-corrected chi connectivity index (χ4v) is 2.97. The van der Waals surface area contributed by atoms with Crippen LogP contribution in [0.2, 0.25) is 0 Å². The number of carbonyl (C=O) groups excluding carboxylic acids is 3. The van der Waals surface area contributed by atoms with Gasteiger partial charge in [0.15, 0.2) is 11.5 Å². The van der Waals surface area contributed by atoms with Gasteiger partial charge in [0.2, 0.25) is 0 Å². The van der Waals surface area contributed by atoms with Crippen molar-refractivity contribution in [2.45, 2.75) is 20.3 Å². The van der Waals surface area contributed by atoms with Crippen molar-refractivity contribution in [2.75, 3.05) is 25.3 Å². The van der Waals surface area contributed by atoms with E-state index in [1.54, 1.807) is 37.3 Å². The SMILES string of the molecule is CCCOc1ccc(/C=C2\C(=O)NN(c3ccc(C(=O)OCC)cc3)C2=O)cc1OC. The first-order valence-electron chi connectivity index (χ1n) is 9.93. The molecule has 0 saturated carbocycles. The van der Waals surface area contributed by atoms with E-state index in [-0.39, 0.29) is 12.2 Å². The summed E-state index contributed by atoms with van der Waals surface area (Å²) in [6.45, 7) is 4.55. The van der Waals surface area contributed by atoms with Crippen LogP contribution in [-0.2, 0) is 14.3 Å². The molecule has 2 amide bonds. The van der Waals surface area contributed by atoms with Gasteiger partial charge in [0.25, 0.3) is 11.8 Å². The van der Waals surface area contributed by atoms with Crippen molar-refractivity contribution >= 4 is 29.5 Å². The fourth-order valence-electron chi connectivity index (χ4n) is 2.97. The smallest absolute Gasteiger partial charge is 0.338 e. The topological polar surface area (TPSA) is 94.2 Å². The lowest BCUT2D eigenvalue weighted by Crippen LogP contribution is -2.35. The third-order valence-electron chi connectivity index (χ3n) is 4.49. The number of rotatable bonds is 8. The Morgan fingerprint density at radius 2 is 1.81 bits per heavy atom. The van der Waals surface area contributed by atoms with E-state index in [0.717, 1.165) is 11.4 Å². The lowest BCUT2D eigenvalue weighted by molar-refractivity contribution is -0.117. The highest BCUT2D eigenvalue weighted by molar-refractivity contribution is 6.31. The van der Waals surface area contributed by atoms with Crippen LogP contribution >= 0.6 is 0 Å². The number of benzene rings is 2. The van der Waals surface area contributed by atoms with Crippen molar-refractivity contribution in [1.29, 1.82) is 0 Å². The predicted molar refractivity (Wildman–Crippen MR) is 115 cm³/mol. The molecule has 0 aromatic heterocycles. The van der Waals surface area contributed by atoms with Crippen LogP contribution in [0.3, 0.4) is 0 Å². The summed E-state index contributed by atoms with van der Waals surface area (Å²) in [5.41, 5.74) is 3.93. The molecule has 0 spiro atoms. The molecule has 0 radical (unpaired) electrons. The summed E-state index contributed by atoms with van der Waals surface area (Å²) >= 11 is 0. The minimum Gasteiger partial charge on any atom is -0.493 e. The van der Waals surface area contributed by atoms with E-state index in [1.165, 1.54) is 25.3 Å². The second-order valence-electron chi connectivity index (χ2n) is 6.67. The number of hydrogen-bond acceptors (Lipinski definition) is 6. The van der Waals surface area contributed by atoms with E-state index < -0.39 is 17.8 Å². The number of amides is 2. The average molecular weight is 424 g/mol. The van der Waals surface area contributed by atoms with Crippen molar-refractivity contribution in [3.05, 3.63) is 59.2 Å². The summed E-state index contributed by atoms with van der Waals surface area (Å²) in [5, 5.41) is 1.14. The molecule has 0 bridgehead atoms. The molecule has 2 aromatic rings. The van der Waals surface area contributed by atoms with Gasteiger partial charge in [-0.05, 0) is 61.4 Å². The molecule has 3 rings (SSSR count). The van der Waals surface area contributed by atoms with Crippen LogP contribution in [-0.4, -0.2) is 38.1 Å². The number of nitrogens with zero attached hydrogens (tertiary/aromatic N) is 1. The molecule has 8 nitrogen and oxygen atoms in total. The first-order valence-corrected chi connectivity index (χ1v) is 9.93. The molecule has 1 heterocycles. The van der Waals surface area contributed by atoms with Gasteiger partial charge in [-0.1, -0.05) is 13.0 Å². The van der Waals surface area contributed by atoms with Gasteiger partial charge in [0, 0.05) is 0 Å². The van der Waals surface area contributed by atoms with Crippen LogP contribution < -0.4 is 19.9 Å². The second kappa shape index (κ2) is 9.80. The van der Waals surface area contributed by atoms with Crippen molar-refractivity contribution in [3.63, 3.8) is 0 Å². The standard InChI is InChI=1S/C23H24N2O6/c1-4-12-31-19-11-6-15(14-20(19)29-3)13-18-21(26)24-25(22(18)27)17-9-7-16(8-10-17)23(28)30-5-2/h6-11,13-14H,4-5,12H2,1-3H3,(H,24,26)/b18-13+. The highest BCUT2D eigenvalue weighted by Crippen LogP contribution is 2.30. The molecule has 8 heteroatoms. The van der Waals surface area contributed by atoms with Gasteiger partial charge >= 0.3 is 5.97 Å². The van der Waals surface area contributed by atoms with Crippen molar-refractivity contribution in [1.82, 2.24) is 5.43 Å². The normalized spacial score (nSPS) is 14.5. The van der Waals surface area contributed by atoms with Crippen LogP contribution in [0.15, 0.2) is 48.0 Å². The Hall–Kier alpha value is -3.81. The monoisotopic (exact) mass is 424 g/mol. The number of anilines is 1. The third-order valence-corrected chi connectivity index (χ3v) is 4.49. The maximum atomic E-state index is 12.8. The van der Waals surface area contributed by atoms with Crippen molar-refractivity contribution in [3.8, 4) is 11.5 Å². The Morgan fingerprint density at radius 1 is 1.06 bits per heavy atom. The van der Waals surface area contributed by atoms with Crippen LogP contribution in [0.25, 0.3) is 6.08 Å². The lowest BCUT2D eigenvalue weighted by atomic mass is 10.1. The van der Waals surface area contributed by atoms with Crippen LogP contribution in [0.1, 0.15) is 36.2 Å². The van der Waals surface area contributed by atoms with Gasteiger partial charge in [-0.3, -0.25) is 15.0 Å². The molecule has 0 unspecified atom stereocenters. The minimum atomic E-state index is -0.523. The van der Waals surface area contributed by atoms with Crippen molar-refractivity contribution < 1.29 is 28.6 Å². The van der Waals surface area contributed by atoms with E-state index in [0.29, 0.717) is 34.9 Å². The molecule has 1 aliphatic rings. The highest BCUT2D eigenvalue weighted by Gasteiger charge is 2.34. The van der Waals surface area contributed by atoms with E-state index in [4.69, 9.17) is 14.2 Å². The number of esters is 1. The van der Waals surface area contributed by atoms with Gasteiger partial charge in [-0.15, -0.1) is 0 Å². The molecule has 162 valence electrons. The summed E-state index contributed by atoms with van der Waals surface area (Å²) < 4.78 is 15.9. The number of ether oxygens (including phenoxy) is 3. The Bertz CT molecular complexity index is 1010. The summed E-state index contributed by atoms with van der Waals surface area (Å²) in [5.74, 6) is -0.368. The molecular weight excluding hydrogens is 400 g/mol. The Balaban J connectivity index is 1.81. The Labute approximate surface area is 180 Å². The number of carbonyl (C=O) groups is 3. The summed E-state index contributed by atoms with van der Waals surface area (Å²) in [7, 11) is 1.53. The van der Waals surface area contributed by atoms with Gasteiger partial charge in [-0.2, -0.15) is 0 Å². The molecule has 0 aliphatic carbocycles. The molecular formula is C23H24N2O6. The Kier molecular flexibility index (Phi) is 6.92. The number of hydrazine groups is 1. The molecule has 31 heavy (non-hydrogen) atoms. The van der Waals surface area contributed by atoms with Crippen molar-refractivity contribution in [2.24, 2.45) is 0 Å². The van der Waals surface area contributed by atoms with Gasteiger partial charge in [0.05, 0.1) is 31.6 Å². The summed E-state index contributed by atoms with van der Waals surface area (Å²) in [4.78, 5) is 37.0. The third kappa shape index (κ3) is 4.85. The van der Waals surface area contributed by atoms with E-state index >= 15 is 0 Å². The number of nitrogens with one attached hydrogen (secondary N) is 1. The van der Waals surface area contributed by atoms with Crippen LogP contribution in [0, 0.1) is 0 Å². The van der Waals surface area contributed by atoms with E-state index in [2.05, 4.69) is 5.43 Å². The maximum absolute atomic E-state index is 12.8. The Morgan fingerprint density at radius 3 is 2.45 bits per heavy atom. The first kappa shape index (κ1) is 21.9. The lowest BCUT2D eigenvalue weighted by Gasteiger charge is -2.14. The number of hydrogen-bond donors (Lipinski definition) is 1. The molecule has 1 aliphatic heterocycles. The van der Waals surface area contributed by atoms with Crippen LogP contribution in [0.4, 0.5) is 5.69 Å². The zero-order chi connectivity index (χ0) is 22.4. The van der Waals surface area contributed by atoms with E-state index in [1.807, 2.05) is 6.92 Å². The first-order chi connectivity index (χ1) is 15.0. The highest BCUT2D eigenvalue weighted by atomic mass is 16.5. The molecule has 1 N–H and O–H groups in total. The minimum absolute atomic E-state index is 0.0150.